The Hall–Kier alpha value is -0.630. The van der Waals surface area contributed by atoms with Crippen LogP contribution in [-0.4, -0.2) is 5.78 Å². The number of ketones is 1. The molecule has 0 saturated carbocycles. The Balaban J connectivity index is 2.85. The van der Waals surface area contributed by atoms with Crippen molar-refractivity contribution in [3.05, 3.63) is 21.9 Å². The van der Waals surface area contributed by atoms with Crippen molar-refractivity contribution in [1.29, 1.82) is 0 Å². The molecule has 0 aliphatic carbocycles. The van der Waals surface area contributed by atoms with Crippen molar-refractivity contribution < 1.29 is 4.79 Å². The Morgan fingerprint density at radius 3 is 2.70 bits per heavy atom. The highest BCUT2D eigenvalue weighted by molar-refractivity contribution is 7.14. The van der Waals surface area contributed by atoms with E-state index >= 15 is 0 Å². The number of aryl methyl sites for hydroxylation is 1. The number of carbonyl (C=O) groups is 1. The summed E-state index contributed by atoms with van der Waals surface area (Å²) in [6.07, 6.45) is 0.611. The summed E-state index contributed by atoms with van der Waals surface area (Å²) in [7, 11) is 0. The summed E-state index contributed by atoms with van der Waals surface area (Å²) in [6, 6.07) is 3.87. The zero-order chi connectivity index (χ0) is 7.56. The number of thiophene rings is 1. The maximum atomic E-state index is 11.0. The predicted molar refractivity (Wildman–Crippen MR) is 43.7 cm³/mol. The minimum absolute atomic E-state index is 0.248. The molecular formula is C8H10OS. The molecular weight excluding hydrogens is 144 g/mol. The first-order valence-corrected chi connectivity index (χ1v) is 4.15. The summed E-state index contributed by atoms with van der Waals surface area (Å²) < 4.78 is 0. The molecule has 1 nitrogen and oxygen atoms in total. The molecule has 2 heteroatoms. The molecule has 0 aliphatic heterocycles. The molecule has 0 fully saturated rings. The van der Waals surface area contributed by atoms with Gasteiger partial charge in [-0.05, 0) is 19.1 Å². The Kier molecular flexibility index (Phi) is 2.22. The Bertz CT molecular complexity index is 237. The molecule has 0 radical (unpaired) electrons. The molecule has 1 heterocycles. The van der Waals surface area contributed by atoms with Crippen LogP contribution < -0.4 is 0 Å². The smallest absolute Gasteiger partial charge is 0.172 e. The molecule has 1 aromatic rings. The lowest BCUT2D eigenvalue weighted by Crippen LogP contribution is -1.90. The number of hydrogen-bond acceptors (Lipinski definition) is 2. The van der Waals surface area contributed by atoms with E-state index in [4.69, 9.17) is 0 Å². The van der Waals surface area contributed by atoms with Crippen LogP contribution in [0.25, 0.3) is 0 Å². The van der Waals surface area contributed by atoms with Crippen molar-refractivity contribution in [2.24, 2.45) is 0 Å². The van der Waals surface area contributed by atoms with Gasteiger partial charge in [0, 0.05) is 11.3 Å². The SMILES string of the molecule is CCC(=O)c1ccc(C)s1. The maximum absolute atomic E-state index is 11.0. The first kappa shape index (κ1) is 7.48. The van der Waals surface area contributed by atoms with Gasteiger partial charge in [0.25, 0.3) is 0 Å². The van der Waals surface area contributed by atoms with Crippen molar-refractivity contribution in [1.82, 2.24) is 0 Å². The summed E-state index contributed by atoms with van der Waals surface area (Å²) in [6.45, 7) is 3.90. The van der Waals surface area contributed by atoms with E-state index in [1.165, 1.54) is 4.88 Å². The van der Waals surface area contributed by atoms with Gasteiger partial charge in [-0.1, -0.05) is 6.92 Å². The normalized spacial score (nSPS) is 9.80. The van der Waals surface area contributed by atoms with E-state index in [1.54, 1.807) is 11.3 Å². The Labute approximate surface area is 64.7 Å². The highest BCUT2D eigenvalue weighted by atomic mass is 32.1. The summed E-state index contributed by atoms with van der Waals surface area (Å²) >= 11 is 1.57. The quantitative estimate of drug-likeness (QED) is 0.598. The number of Topliss-reactive ketones (excluding diaryl/α,β-unsaturated/α-hetero) is 1. The monoisotopic (exact) mass is 154 g/mol. The van der Waals surface area contributed by atoms with Crippen LogP contribution in [0.5, 0.6) is 0 Å². The maximum Gasteiger partial charge on any atom is 0.172 e. The predicted octanol–water partition coefficient (Wildman–Crippen LogP) is 2.65. The van der Waals surface area contributed by atoms with E-state index < -0.39 is 0 Å². The molecule has 0 bridgehead atoms. The molecule has 0 spiro atoms. The zero-order valence-corrected chi connectivity index (χ0v) is 6.99. The Morgan fingerprint density at radius 2 is 2.30 bits per heavy atom. The molecule has 54 valence electrons. The van der Waals surface area contributed by atoms with Crippen LogP contribution >= 0.6 is 11.3 Å². The van der Waals surface area contributed by atoms with E-state index in [0.717, 1.165) is 4.88 Å². The molecule has 0 saturated heterocycles. The van der Waals surface area contributed by atoms with Gasteiger partial charge in [0.1, 0.15) is 0 Å². The highest BCUT2D eigenvalue weighted by Crippen LogP contribution is 2.16. The van der Waals surface area contributed by atoms with Gasteiger partial charge in [-0.2, -0.15) is 0 Å². The lowest BCUT2D eigenvalue weighted by molar-refractivity contribution is 0.0992. The van der Waals surface area contributed by atoms with Gasteiger partial charge in [0.2, 0.25) is 0 Å². The first-order valence-electron chi connectivity index (χ1n) is 3.33. The molecule has 10 heavy (non-hydrogen) atoms. The minimum Gasteiger partial charge on any atom is -0.293 e. The van der Waals surface area contributed by atoms with Crippen molar-refractivity contribution in [3.63, 3.8) is 0 Å². The first-order chi connectivity index (χ1) is 4.74. The van der Waals surface area contributed by atoms with Crippen LogP contribution in [-0.2, 0) is 0 Å². The summed E-state index contributed by atoms with van der Waals surface area (Å²) in [5, 5.41) is 0. The van der Waals surface area contributed by atoms with Crippen LogP contribution in [0.4, 0.5) is 0 Å². The molecule has 0 unspecified atom stereocenters. The zero-order valence-electron chi connectivity index (χ0n) is 6.18. The van der Waals surface area contributed by atoms with Gasteiger partial charge in [-0.25, -0.2) is 0 Å². The van der Waals surface area contributed by atoms with Crippen molar-refractivity contribution >= 4 is 17.1 Å². The second kappa shape index (κ2) is 2.97. The lowest BCUT2D eigenvalue weighted by Gasteiger charge is -1.87. The number of hydrogen-bond donors (Lipinski definition) is 0. The van der Waals surface area contributed by atoms with Crippen LogP contribution in [0.15, 0.2) is 12.1 Å². The molecule has 0 aromatic carbocycles. The third kappa shape index (κ3) is 1.45. The molecule has 1 rings (SSSR count). The number of rotatable bonds is 2. The van der Waals surface area contributed by atoms with Gasteiger partial charge < -0.3 is 0 Å². The van der Waals surface area contributed by atoms with Gasteiger partial charge >= 0.3 is 0 Å². The average molecular weight is 154 g/mol. The second-order valence-electron chi connectivity index (χ2n) is 2.19. The third-order valence-corrected chi connectivity index (χ3v) is 2.38. The lowest BCUT2D eigenvalue weighted by atomic mass is 10.3. The highest BCUT2D eigenvalue weighted by Gasteiger charge is 2.03. The van der Waals surface area contributed by atoms with E-state index in [-0.39, 0.29) is 5.78 Å². The van der Waals surface area contributed by atoms with Crippen molar-refractivity contribution in [2.45, 2.75) is 20.3 Å². The van der Waals surface area contributed by atoms with Gasteiger partial charge in [0.05, 0.1) is 4.88 Å². The standard InChI is InChI=1S/C8H10OS/c1-3-7(9)8-5-4-6(2)10-8/h4-5H,3H2,1-2H3. The van der Waals surface area contributed by atoms with Crippen LogP contribution in [0.3, 0.4) is 0 Å². The largest absolute Gasteiger partial charge is 0.293 e. The summed E-state index contributed by atoms with van der Waals surface area (Å²) in [5.41, 5.74) is 0. The van der Waals surface area contributed by atoms with Crippen LogP contribution in [0.1, 0.15) is 27.9 Å². The third-order valence-electron chi connectivity index (χ3n) is 1.34. The fourth-order valence-corrected chi connectivity index (χ4v) is 1.64. The molecule has 0 aliphatic rings. The van der Waals surface area contributed by atoms with Gasteiger partial charge in [-0.15, -0.1) is 11.3 Å². The average Bonchev–Trinajstić information content (AvgIpc) is 2.34. The van der Waals surface area contributed by atoms with Crippen LogP contribution in [0.2, 0.25) is 0 Å². The fourth-order valence-electron chi connectivity index (χ4n) is 0.759. The van der Waals surface area contributed by atoms with Gasteiger partial charge in [-0.3, -0.25) is 4.79 Å². The molecule has 1 aromatic heterocycles. The number of carbonyl (C=O) groups excluding carboxylic acids is 1. The topological polar surface area (TPSA) is 17.1 Å². The van der Waals surface area contributed by atoms with E-state index in [0.29, 0.717) is 6.42 Å². The molecule has 0 amide bonds. The van der Waals surface area contributed by atoms with Gasteiger partial charge in [0.15, 0.2) is 5.78 Å². The Morgan fingerprint density at radius 1 is 1.60 bits per heavy atom. The van der Waals surface area contributed by atoms with E-state index in [2.05, 4.69) is 0 Å². The van der Waals surface area contributed by atoms with E-state index in [9.17, 15) is 4.79 Å². The molecule has 0 atom stereocenters. The minimum atomic E-state index is 0.248. The second-order valence-corrected chi connectivity index (χ2v) is 3.47. The molecule has 0 N–H and O–H groups in total. The van der Waals surface area contributed by atoms with Crippen molar-refractivity contribution in [2.75, 3.05) is 0 Å². The summed E-state index contributed by atoms with van der Waals surface area (Å²) in [5.74, 6) is 0.248. The van der Waals surface area contributed by atoms with Crippen LogP contribution in [0, 0.1) is 6.92 Å². The summed E-state index contributed by atoms with van der Waals surface area (Å²) in [4.78, 5) is 13.1. The van der Waals surface area contributed by atoms with Crippen molar-refractivity contribution in [3.8, 4) is 0 Å². The van der Waals surface area contributed by atoms with E-state index in [1.807, 2.05) is 26.0 Å². The fraction of sp³-hybridized carbons (Fsp3) is 0.375.